The number of aliphatic hydroxyl groups excluding tert-OH is 1. The number of carbonyl (C=O) groups is 2. The fraction of sp³-hybridized carbons (Fsp3) is 0.407. The Labute approximate surface area is 200 Å². The highest BCUT2D eigenvalue weighted by atomic mass is 19.1. The maximum absolute atomic E-state index is 13.6. The zero-order valence-electron chi connectivity index (χ0n) is 20.3. The van der Waals surface area contributed by atoms with Crippen LogP contribution in [0.25, 0.3) is 5.76 Å². The van der Waals surface area contributed by atoms with Crippen molar-refractivity contribution in [3.63, 3.8) is 0 Å². The molecule has 2 aromatic carbocycles. The minimum atomic E-state index is -0.829. The van der Waals surface area contributed by atoms with E-state index in [9.17, 15) is 19.1 Å². The molecule has 0 radical (unpaired) electrons. The Morgan fingerprint density at radius 3 is 2.35 bits per heavy atom. The first-order valence-corrected chi connectivity index (χ1v) is 11.5. The number of amides is 1. The minimum Gasteiger partial charge on any atom is -0.507 e. The van der Waals surface area contributed by atoms with Crippen molar-refractivity contribution in [1.29, 1.82) is 0 Å². The van der Waals surface area contributed by atoms with E-state index in [1.165, 1.54) is 29.2 Å². The summed E-state index contributed by atoms with van der Waals surface area (Å²) in [6, 6.07) is 9.95. The van der Waals surface area contributed by atoms with Crippen molar-refractivity contribution in [2.45, 2.75) is 52.2 Å². The molecule has 1 unspecified atom stereocenters. The summed E-state index contributed by atoms with van der Waals surface area (Å²) in [4.78, 5) is 27.6. The van der Waals surface area contributed by atoms with Gasteiger partial charge in [-0.05, 0) is 67.6 Å². The van der Waals surface area contributed by atoms with Crippen LogP contribution in [0.3, 0.4) is 0 Å². The van der Waals surface area contributed by atoms with E-state index in [1.54, 1.807) is 25.3 Å². The van der Waals surface area contributed by atoms with Crippen LogP contribution in [0.2, 0.25) is 0 Å². The SMILES string of the molecule is COc1ccc(/C(O)=C2/C(=O)C(=O)N(CCCOC(C)C)C2c2ccc(F)cc2)cc1C(C)C. The van der Waals surface area contributed by atoms with Gasteiger partial charge in [0.2, 0.25) is 0 Å². The number of likely N-dealkylation sites (tertiary alicyclic amines) is 1. The quantitative estimate of drug-likeness (QED) is 0.237. The van der Waals surface area contributed by atoms with E-state index in [0.717, 1.165) is 5.56 Å². The number of rotatable bonds is 9. The average molecular weight is 470 g/mol. The van der Waals surface area contributed by atoms with Gasteiger partial charge in [0.25, 0.3) is 11.7 Å². The molecule has 1 amide bonds. The number of aliphatic hydroxyl groups is 1. The summed E-state index contributed by atoms with van der Waals surface area (Å²) in [5, 5.41) is 11.3. The molecule has 3 rings (SSSR count). The van der Waals surface area contributed by atoms with Crippen molar-refractivity contribution in [1.82, 2.24) is 4.90 Å². The maximum atomic E-state index is 13.6. The summed E-state index contributed by atoms with van der Waals surface area (Å²) in [6.07, 6.45) is 0.566. The van der Waals surface area contributed by atoms with Gasteiger partial charge in [-0.25, -0.2) is 4.39 Å². The highest BCUT2D eigenvalue weighted by Crippen LogP contribution is 2.40. The number of carbonyl (C=O) groups excluding carboxylic acids is 2. The number of ether oxygens (including phenoxy) is 2. The van der Waals surface area contributed by atoms with Gasteiger partial charge in [0, 0.05) is 18.7 Å². The molecule has 0 aliphatic carbocycles. The van der Waals surface area contributed by atoms with Gasteiger partial charge in [-0.15, -0.1) is 0 Å². The summed E-state index contributed by atoms with van der Waals surface area (Å²) in [5.74, 6) is -1.37. The minimum absolute atomic E-state index is 0.0127. The van der Waals surface area contributed by atoms with E-state index in [-0.39, 0.29) is 29.9 Å². The molecule has 0 aromatic heterocycles. The molecule has 1 aliphatic rings. The molecular formula is C27H32FNO5. The summed E-state index contributed by atoms with van der Waals surface area (Å²) < 4.78 is 24.6. The van der Waals surface area contributed by atoms with Crippen molar-refractivity contribution in [2.24, 2.45) is 0 Å². The number of Topliss-reactive ketones (excluding diaryl/α,β-unsaturated/α-hetero) is 1. The normalized spacial score (nSPS) is 17.8. The fourth-order valence-electron chi connectivity index (χ4n) is 4.14. The van der Waals surface area contributed by atoms with Gasteiger partial charge >= 0.3 is 0 Å². The average Bonchev–Trinajstić information content (AvgIpc) is 3.06. The number of nitrogens with zero attached hydrogens (tertiary/aromatic N) is 1. The van der Waals surface area contributed by atoms with E-state index in [2.05, 4.69) is 0 Å². The molecule has 2 aromatic rings. The number of hydrogen-bond donors (Lipinski definition) is 1. The Bertz CT molecular complexity index is 1070. The van der Waals surface area contributed by atoms with Gasteiger partial charge in [0.05, 0.1) is 24.8 Å². The Hall–Kier alpha value is -3.19. The first-order chi connectivity index (χ1) is 16.1. The molecule has 1 saturated heterocycles. The van der Waals surface area contributed by atoms with Gasteiger partial charge in [0.15, 0.2) is 0 Å². The lowest BCUT2D eigenvalue weighted by atomic mass is 9.93. The number of methoxy groups -OCH3 is 1. The lowest BCUT2D eigenvalue weighted by molar-refractivity contribution is -0.140. The van der Waals surface area contributed by atoms with Crippen molar-refractivity contribution < 1.29 is 28.6 Å². The second-order valence-corrected chi connectivity index (χ2v) is 8.93. The third kappa shape index (κ3) is 5.30. The van der Waals surface area contributed by atoms with Gasteiger partial charge in [0.1, 0.15) is 17.3 Å². The van der Waals surface area contributed by atoms with Crippen LogP contribution >= 0.6 is 0 Å². The number of ketones is 1. The van der Waals surface area contributed by atoms with Crippen LogP contribution in [-0.4, -0.2) is 48.1 Å². The monoisotopic (exact) mass is 469 g/mol. The van der Waals surface area contributed by atoms with E-state index in [1.807, 2.05) is 27.7 Å². The summed E-state index contributed by atoms with van der Waals surface area (Å²) in [6.45, 7) is 8.52. The number of hydrogen-bond acceptors (Lipinski definition) is 5. The molecule has 0 spiro atoms. The fourth-order valence-corrected chi connectivity index (χ4v) is 4.14. The zero-order chi connectivity index (χ0) is 25.0. The lowest BCUT2D eigenvalue weighted by Gasteiger charge is -2.25. The second kappa shape index (κ2) is 10.8. The molecule has 182 valence electrons. The van der Waals surface area contributed by atoms with Crippen LogP contribution in [0.4, 0.5) is 4.39 Å². The molecule has 34 heavy (non-hydrogen) atoms. The number of halogens is 1. The lowest BCUT2D eigenvalue weighted by Crippen LogP contribution is -2.31. The number of benzene rings is 2. The Kier molecular flexibility index (Phi) is 8.10. The zero-order valence-corrected chi connectivity index (χ0v) is 20.3. The van der Waals surface area contributed by atoms with Crippen LogP contribution < -0.4 is 4.74 Å². The maximum Gasteiger partial charge on any atom is 0.295 e. The van der Waals surface area contributed by atoms with E-state index in [4.69, 9.17) is 9.47 Å². The molecule has 1 fully saturated rings. The van der Waals surface area contributed by atoms with Crippen LogP contribution in [0.1, 0.15) is 62.8 Å². The van der Waals surface area contributed by atoms with Gasteiger partial charge in [-0.3, -0.25) is 9.59 Å². The third-order valence-electron chi connectivity index (χ3n) is 5.85. The Balaban J connectivity index is 2.08. The summed E-state index contributed by atoms with van der Waals surface area (Å²) in [7, 11) is 1.57. The molecule has 1 aliphatic heterocycles. The van der Waals surface area contributed by atoms with Crippen LogP contribution in [0.5, 0.6) is 5.75 Å². The van der Waals surface area contributed by atoms with E-state index < -0.39 is 23.5 Å². The van der Waals surface area contributed by atoms with Crippen LogP contribution in [-0.2, 0) is 14.3 Å². The third-order valence-corrected chi connectivity index (χ3v) is 5.85. The van der Waals surface area contributed by atoms with Gasteiger partial charge < -0.3 is 19.5 Å². The Morgan fingerprint density at radius 1 is 1.09 bits per heavy atom. The molecule has 0 bridgehead atoms. The van der Waals surface area contributed by atoms with Gasteiger partial charge in [-0.1, -0.05) is 26.0 Å². The second-order valence-electron chi connectivity index (χ2n) is 8.93. The Morgan fingerprint density at radius 2 is 1.76 bits per heavy atom. The van der Waals surface area contributed by atoms with E-state index in [0.29, 0.717) is 29.9 Å². The predicted octanol–water partition coefficient (Wildman–Crippen LogP) is 5.19. The summed E-state index contributed by atoms with van der Waals surface area (Å²) in [5.41, 5.74) is 1.81. The topological polar surface area (TPSA) is 76.1 Å². The van der Waals surface area contributed by atoms with Gasteiger partial charge in [-0.2, -0.15) is 0 Å². The summed E-state index contributed by atoms with van der Waals surface area (Å²) >= 11 is 0. The molecular weight excluding hydrogens is 437 g/mol. The standard InChI is InChI=1S/C27H32FNO5/c1-16(2)21-15-19(9-12-22(21)33-5)25(30)23-24(18-7-10-20(28)11-8-18)29(27(32)26(23)31)13-6-14-34-17(3)4/h7-12,15-17,24,30H,6,13-14H2,1-5H3/b25-23-. The van der Waals surface area contributed by atoms with Crippen LogP contribution in [0, 0.1) is 5.82 Å². The molecule has 1 heterocycles. The first-order valence-electron chi connectivity index (χ1n) is 11.5. The van der Waals surface area contributed by atoms with Crippen molar-refractivity contribution >= 4 is 17.4 Å². The first kappa shape index (κ1) is 25.4. The van der Waals surface area contributed by atoms with E-state index >= 15 is 0 Å². The smallest absolute Gasteiger partial charge is 0.295 e. The molecule has 6 nitrogen and oxygen atoms in total. The molecule has 1 atom stereocenters. The highest BCUT2D eigenvalue weighted by Gasteiger charge is 2.45. The van der Waals surface area contributed by atoms with Crippen molar-refractivity contribution in [3.05, 3.63) is 70.5 Å². The largest absolute Gasteiger partial charge is 0.507 e. The molecule has 0 saturated carbocycles. The van der Waals surface area contributed by atoms with Crippen molar-refractivity contribution in [2.75, 3.05) is 20.3 Å². The van der Waals surface area contributed by atoms with Crippen molar-refractivity contribution in [3.8, 4) is 5.75 Å². The highest BCUT2D eigenvalue weighted by molar-refractivity contribution is 6.46. The molecule has 7 heteroatoms. The predicted molar refractivity (Wildman–Crippen MR) is 128 cm³/mol. The van der Waals surface area contributed by atoms with Crippen LogP contribution in [0.15, 0.2) is 48.0 Å². The molecule has 1 N–H and O–H groups in total.